The molecule has 0 radical (unpaired) electrons. The molecule has 12 heteroatoms. The number of nitrogens with zero attached hydrogens (tertiary/aromatic N) is 4. The molecule has 0 aliphatic carbocycles. The van der Waals surface area contributed by atoms with E-state index in [4.69, 9.17) is 0 Å². The van der Waals surface area contributed by atoms with Gasteiger partial charge >= 0.3 is 18.8 Å². The summed E-state index contributed by atoms with van der Waals surface area (Å²) in [6.07, 6.45) is -2.53. The molecule has 142 valence electrons. The Hall–Kier alpha value is -3.31. The summed E-state index contributed by atoms with van der Waals surface area (Å²) in [5.74, 6) is -0.135. The molecule has 0 atom stereocenters. The number of alkyl halides is 5. The summed E-state index contributed by atoms with van der Waals surface area (Å²) < 4.78 is 71.0. The van der Waals surface area contributed by atoms with Gasteiger partial charge in [0.2, 0.25) is 0 Å². The summed E-state index contributed by atoms with van der Waals surface area (Å²) in [5, 5.41) is 0. The van der Waals surface area contributed by atoms with Crippen molar-refractivity contribution in [2.45, 2.75) is 12.8 Å². The molecule has 0 aliphatic rings. The number of hydrogen-bond acceptors (Lipinski definition) is 6. The Morgan fingerprint density at radius 1 is 1.07 bits per heavy atom. The molecule has 3 rings (SSSR count). The van der Waals surface area contributed by atoms with E-state index >= 15 is 0 Å². The standard InChI is InChI=1S/C15H9F5N4O3/c16-13(17)27-9-3-1-8(2-4-9)24-11(25)6-21-10-5-22-14(23-12(10)24)26-7-15(18,19)20/h1-6,13H,7H2. The Morgan fingerprint density at radius 3 is 2.41 bits per heavy atom. The van der Waals surface area contributed by atoms with E-state index in [-0.39, 0.29) is 22.6 Å². The van der Waals surface area contributed by atoms with E-state index in [2.05, 4.69) is 24.4 Å². The van der Waals surface area contributed by atoms with Crippen molar-refractivity contribution in [1.29, 1.82) is 0 Å². The van der Waals surface area contributed by atoms with Crippen LogP contribution in [0.3, 0.4) is 0 Å². The lowest BCUT2D eigenvalue weighted by Crippen LogP contribution is -2.22. The first-order chi connectivity index (χ1) is 12.7. The monoisotopic (exact) mass is 388 g/mol. The first-order valence-corrected chi connectivity index (χ1v) is 7.22. The summed E-state index contributed by atoms with van der Waals surface area (Å²) in [5.41, 5.74) is -0.445. The molecule has 0 amide bonds. The van der Waals surface area contributed by atoms with Crippen LogP contribution in [0.15, 0.2) is 41.5 Å². The normalized spacial score (nSPS) is 11.8. The van der Waals surface area contributed by atoms with E-state index in [1.165, 1.54) is 24.3 Å². The summed E-state index contributed by atoms with van der Waals surface area (Å²) in [6.45, 7) is -4.62. The largest absolute Gasteiger partial charge is 0.454 e. The molecule has 7 nitrogen and oxygen atoms in total. The Bertz CT molecular complexity index is 1000. The van der Waals surface area contributed by atoms with Crippen molar-refractivity contribution in [2.24, 2.45) is 0 Å². The lowest BCUT2D eigenvalue weighted by Gasteiger charge is -2.11. The van der Waals surface area contributed by atoms with Crippen LogP contribution >= 0.6 is 0 Å². The minimum atomic E-state index is -4.59. The molecule has 0 saturated carbocycles. The number of benzene rings is 1. The fourth-order valence-electron chi connectivity index (χ4n) is 2.14. The van der Waals surface area contributed by atoms with Crippen LogP contribution in [0.25, 0.3) is 16.9 Å². The number of aromatic nitrogens is 4. The summed E-state index contributed by atoms with van der Waals surface area (Å²) >= 11 is 0. The van der Waals surface area contributed by atoms with Crippen molar-refractivity contribution < 1.29 is 31.4 Å². The number of halogens is 5. The van der Waals surface area contributed by atoms with E-state index in [0.29, 0.717) is 0 Å². The van der Waals surface area contributed by atoms with Gasteiger partial charge in [-0.25, -0.2) is 9.97 Å². The van der Waals surface area contributed by atoms with Crippen LogP contribution in [0, 0.1) is 0 Å². The SMILES string of the molecule is O=c1cnc2cnc(OCC(F)(F)F)nc2n1-c1ccc(OC(F)F)cc1. The predicted octanol–water partition coefficient (Wildman–Crippen LogP) is 2.72. The highest BCUT2D eigenvalue weighted by Crippen LogP contribution is 2.20. The van der Waals surface area contributed by atoms with Gasteiger partial charge < -0.3 is 9.47 Å². The van der Waals surface area contributed by atoms with E-state index < -0.39 is 31.0 Å². The Labute approximate surface area is 147 Å². The molecule has 27 heavy (non-hydrogen) atoms. The van der Waals surface area contributed by atoms with E-state index in [1.807, 2.05) is 0 Å². The second kappa shape index (κ2) is 7.13. The lowest BCUT2D eigenvalue weighted by molar-refractivity contribution is -0.154. The van der Waals surface area contributed by atoms with Crippen molar-refractivity contribution in [2.75, 3.05) is 6.61 Å². The maximum absolute atomic E-state index is 12.3. The highest BCUT2D eigenvalue weighted by Gasteiger charge is 2.29. The fourth-order valence-corrected chi connectivity index (χ4v) is 2.14. The second-order valence-electron chi connectivity index (χ2n) is 5.07. The van der Waals surface area contributed by atoms with Crippen molar-refractivity contribution in [3.05, 3.63) is 47.0 Å². The molecule has 2 heterocycles. The van der Waals surface area contributed by atoms with Gasteiger partial charge in [0.25, 0.3) is 5.56 Å². The van der Waals surface area contributed by atoms with Crippen LogP contribution in [0.4, 0.5) is 22.0 Å². The molecular weight excluding hydrogens is 379 g/mol. The number of hydrogen-bond donors (Lipinski definition) is 0. The number of fused-ring (bicyclic) bond motifs is 1. The highest BCUT2D eigenvalue weighted by molar-refractivity contribution is 5.71. The van der Waals surface area contributed by atoms with Crippen LogP contribution in [0.2, 0.25) is 0 Å². The zero-order chi connectivity index (χ0) is 19.6. The Morgan fingerprint density at radius 2 is 1.78 bits per heavy atom. The third kappa shape index (κ3) is 4.46. The van der Waals surface area contributed by atoms with Crippen molar-refractivity contribution >= 4 is 11.2 Å². The van der Waals surface area contributed by atoms with Gasteiger partial charge in [0.1, 0.15) is 11.3 Å². The molecule has 0 N–H and O–H groups in total. The van der Waals surface area contributed by atoms with Crippen molar-refractivity contribution in [1.82, 2.24) is 19.5 Å². The molecule has 0 spiro atoms. The molecule has 0 unspecified atom stereocenters. The second-order valence-corrected chi connectivity index (χ2v) is 5.07. The number of ether oxygens (including phenoxy) is 2. The van der Waals surface area contributed by atoms with Crippen molar-refractivity contribution in [3.8, 4) is 17.4 Å². The van der Waals surface area contributed by atoms with Crippen LogP contribution in [0.1, 0.15) is 0 Å². The molecule has 0 bridgehead atoms. The van der Waals surface area contributed by atoms with Gasteiger partial charge in [0, 0.05) is 0 Å². The Balaban J connectivity index is 2.03. The van der Waals surface area contributed by atoms with Gasteiger partial charge in [-0.3, -0.25) is 9.36 Å². The average Bonchev–Trinajstić information content (AvgIpc) is 2.59. The molecule has 0 fully saturated rings. The van der Waals surface area contributed by atoms with Gasteiger partial charge in [-0.2, -0.15) is 26.9 Å². The molecule has 3 aromatic rings. The summed E-state index contributed by atoms with van der Waals surface area (Å²) in [7, 11) is 0. The lowest BCUT2D eigenvalue weighted by atomic mass is 10.3. The first kappa shape index (κ1) is 18.5. The van der Waals surface area contributed by atoms with Gasteiger partial charge in [0.05, 0.1) is 18.1 Å². The minimum Gasteiger partial charge on any atom is -0.454 e. The van der Waals surface area contributed by atoms with Crippen LogP contribution < -0.4 is 15.0 Å². The predicted molar refractivity (Wildman–Crippen MR) is 81.1 cm³/mol. The van der Waals surface area contributed by atoms with E-state index in [9.17, 15) is 26.7 Å². The average molecular weight is 388 g/mol. The minimum absolute atomic E-state index is 0.113. The quantitative estimate of drug-likeness (QED) is 0.626. The maximum atomic E-state index is 12.3. The number of rotatable bonds is 5. The fraction of sp³-hybridized carbons (Fsp3) is 0.200. The molecule has 0 saturated heterocycles. The van der Waals surface area contributed by atoms with E-state index in [0.717, 1.165) is 17.0 Å². The van der Waals surface area contributed by atoms with Crippen LogP contribution in [-0.2, 0) is 0 Å². The zero-order valence-corrected chi connectivity index (χ0v) is 13.2. The maximum Gasteiger partial charge on any atom is 0.422 e. The third-order valence-corrected chi connectivity index (χ3v) is 3.16. The summed E-state index contributed by atoms with van der Waals surface area (Å²) in [4.78, 5) is 23.4. The van der Waals surface area contributed by atoms with Gasteiger partial charge in [-0.15, -0.1) is 0 Å². The Kier molecular flexibility index (Phi) is 4.88. The molecule has 1 aromatic carbocycles. The smallest absolute Gasteiger partial charge is 0.422 e. The molecule has 2 aromatic heterocycles. The van der Waals surface area contributed by atoms with Crippen molar-refractivity contribution in [3.63, 3.8) is 0 Å². The van der Waals surface area contributed by atoms with Gasteiger partial charge in [0.15, 0.2) is 12.3 Å². The molecular formula is C15H9F5N4O3. The highest BCUT2D eigenvalue weighted by atomic mass is 19.4. The topological polar surface area (TPSA) is 79.1 Å². The van der Waals surface area contributed by atoms with Gasteiger partial charge in [-0.05, 0) is 24.3 Å². The zero-order valence-electron chi connectivity index (χ0n) is 13.2. The molecule has 0 aliphatic heterocycles. The van der Waals surface area contributed by atoms with E-state index in [1.54, 1.807) is 0 Å². The summed E-state index contributed by atoms with van der Waals surface area (Å²) in [6, 6.07) is 4.40. The third-order valence-electron chi connectivity index (χ3n) is 3.16. The van der Waals surface area contributed by atoms with Crippen LogP contribution in [-0.4, -0.2) is 38.9 Å². The van der Waals surface area contributed by atoms with Crippen LogP contribution in [0.5, 0.6) is 11.8 Å². The van der Waals surface area contributed by atoms with Gasteiger partial charge in [-0.1, -0.05) is 0 Å². The first-order valence-electron chi connectivity index (χ1n) is 7.22.